The van der Waals surface area contributed by atoms with Gasteiger partial charge in [0.25, 0.3) is 5.91 Å². The highest BCUT2D eigenvalue weighted by Gasteiger charge is 2.34. The summed E-state index contributed by atoms with van der Waals surface area (Å²) in [5.41, 5.74) is 1.19. The van der Waals surface area contributed by atoms with Crippen molar-refractivity contribution in [1.29, 1.82) is 0 Å². The molecule has 0 spiro atoms. The van der Waals surface area contributed by atoms with Crippen molar-refractivity contribution in [3.63, 3.8) is 0 Å². The number of nitrogens with one attached hydrogen (secondary N) is 1. The molecule has 9 heteroatoms. The first-order chi connectivity index (χ1) is 14.8. The molecule has 7 nitrogen and oxygen atoms in total. The number of sulfonamides is 1. The van der Waals surface area contributed by atoms with Gasteiger partial charge in [0.1, 0.15) is 16.4 Å². The van der Waals surface area contributed by atoms with Crippen LogP contribution in [0.15, 0.2) is 41.3 Å². The first kappa shape index (κ1) is 21.9. The van der Waals surface area contributed by atoms with Crippen LogP contribution < -0.4 is 14.2 Å². The number of benzene rings is 2. The molecule has 0 radical (unpaired) electrons. The largest absolute Gasteiger partial charge is 0.497 e. The minimum absolute atomic E-state index is 0.0501. The Balaban J connectivity index is 1.64. The van der Waals surface area contributed by atoms with Crippen molar-refractivity contribution in [2.75, 3.05) is 20.8 Å². The highest BCUT2D eigenvalue weighted by Crippen LogP contribution is 2.39. The summed E-state index contributed by atoms with van der Waals surface area (Å²) in [5.74, 6) is 1.09. The van der Waals surface area contributed by atoms with E-state index in [1.807, 2.05) is 12.1 Å². The summed E-state index contributed by atoms with van der Waals surface area (Å²) >= 11 is 6.17. The van der Waals surface area contributed by atoms with Crippen LogP contribution in [0.4, 0.5) is 0 Å². The maximum absolute atomic E-state index is 13.4. The minimum atomic E-state index is -3.78. The first-order valence-corrected chi connectivity index (χ1v) is 12.0. The van der Waals surface area contributed by atoms with E-state index in [2.05, 4.69) is 4.72 Å². The molecular weight excluding hydrogens is 440 g/mol. The van der Waals surface area contributed by atoms with Crippen molar-refractivity contribution < 1.29 is 22.7 Å². The van der Waals surface area contributed by atoms with Gasteiger partial charge < -0.3 is 14.4 Å². The van der Waals surface area contributed by atoms with Gasteiger partial charge in [-0.3, -0.25) is 4.79 Å². The summed E-state index contributed by atoms with van der Waals surface area (Å²) in [6.07, 6.45) is 3.26. The Hall–Kier alpha value is -2.29. The van der Waals surface area contributed by atoms with E-state index in [1.54, 1.807) is 31.3 Å². The molecule has 1 aliphatic heterocycles. The number of methoxy groups -OCH3 is 2. The van der Waals surface area contributed by atoms with Gasteiger partial charge in [-0.2, -0.15) is 0 Å². The molecule has 1 saturated carbocycles. The molecule has 1 N–H and O–H groups in total. The maximum Gasteiger partial charge on any atom is 0.254 e. The highest BCUT2D eigenvalue weighted by molar-refractivity contribution is 7.89. The van der Waals surface area contributed by atoms with Crippen molar-refractivity contribution in [2.45, 2.75) is 42.7 Å². The fourth-order valence-corrected chi connectivity index (χ4v) is 5.75. The summed E-state index contributed by atoms with van der Waals surface area (Å²) in [5, 5.41) is 0.0968. The molecule has 0 unspecified atom stereocenters. The quantitative estimate of drug-likeness (QED) is 0.674. The van der Waals surface area contributed by atoms with E-state index >= 15 is 0 Å². The fraction of sp³-hybridized carbons (Fsp3) is 0.409. The molecule has 0 aromatic heterocycles. The van der Waals surface area contributed by atoms with Gasteiger partial charge in [0.15, 0.2) is 0 Å². The second-order valence-electron chi connectivity index (χ2n) is 7.81. The van der Waals surface area contributed by atoms with Gasteiger partial charge >= 0.3 is 0 Å². The lowest BCUT2D eigenvalue weighted by Gasteiger charge is -2.27. The van der Waals surface area contributed by atoms with Gasteiger partial charge in [-0.25, -0.2) is 13.1 Å². The Morgan fingerprint density at radius 2 is 1.87 bits per heavy atom. The Labute approximate surface area is 187 Å². The third-order valence-corrected chi connectivity index (χ3v) is 7.68. The van der Waals surface area contributed by atoms with Crippen molar-refractivity contribution >= 4 is 27.5 Å². The Kier molecular flexibility index (Phi) is 6.14. The summed E-state index contributed by atoms with van der Waals surface area (Å²) in [6, 6.07) is 9.74. The van der Waals surface area contributed by atoms with Crippen LogP contribution >= 0.6 is 11.6 Å². The summed E-state index contributed by atoms with van der Waals surface area (Å²) in [6.45, 7) is 0.573. The number of nitrogens with zero attached hydrogens (tertiary/aromatic N) is 1. The number of ether oxygens (including phenoxy) is 2. The van der Waals surface area contributed by atoms with Gasteiger partial charge in [0, 0.05) is 29.8 Å². The van der Waals surface area contributed by atoms with Crippen LogP contribution in [0.1, 0.15) is 47.6 Å². The Bertz CT molecular complexity index is 1100. The number of hydrogen-bond donors (Lipinski definition) is 1. The predicted molar refractivity (Wildman–Crippen MR) is 117 cm³/mol. The number of carbonyl (C=O) groups excluding carboxylic acids is 1. The van der Waals surface area contributed by atoms with E-state index in [9.17, 15) is 13.2 Å². The van der Waals surface area contributed by atoms with E-state index in [1.165, 1.54) is 12.1 Å². The maximum atomic E-state index is 13.4. The third-order valence-electron chi connectivity index (χ3n) is 5.68. The monoisotopic (exact) mass is 464 g/mol. The zero-order valence-electron chi connectivity index (χ0n) is 17.4. The number of amides is 1. The molecular formula is C22H25ClN2O5S. The molecule has 0 bridgehead atoms. The summed E-state index contributed by atoms with van der Waals surface area (Å²) < 4.78 is 38.8. The van der Waals surface area contributed by atoms with Crippen LogP contribution in [-0.2, 0) is 10.0 Å². The molecule has 1 heterocycles. The molecule has 2 aromatic rings. The Morgan fingerprint density at radius 3 is 2.55 bits per heavy atom. The van der Waals surface area contributed by atoms with Crippen molar-refractivity contribution in [3.8, 4) is 11.5 Å². The molecule has 31 heavy (non-hydrogen) atoms. The molecule has 166 valence electrons. The van der Waals surface area contributed by atoms with Crippen molar-refractivity contribution in [3.05, 3.63) is 52.5 Å². The lowest BCUT2D eigenvalue weighted by Crippen LogP contribution is -2.31. The lowest BCUT2D eigenvalue weighted by molar-refractivity contribution is 0.0734. The van der Waals surface area contributed by atoms with Crippen molar-refractivity contribution in [1.82, 2.24) is 9.62 Å². The third kappa shape index (κ3) is 4.51. The van der Waals surface area contributed by atoms with E-state index in [0.717, 1.165) is 31.2 Å². The van der Waals surface area contributed by atoms with Crippen molar-refractivity contribution in [2.24, 2.45) is 0 Å². The zero-order chi connectivity index (χ0) is 22.2. The number of hydrogen-bond acceptors (Lipinski definition) is 5. The van der Waals surface area contributed by atoms with Gasteiger partial charge in [-0.1, -0.05) is 11.6 Å². The molecule has 2 fully saturated rings. The SMILES string of the molecule is COc1ccc([C@H]2CCCN2C(=O)c2ccc(Cl)c(S(=O)(=O)NC3CC3)c2)c(OC)c1. The summed E-state index contributed by atoms with van der Waals surface area (Å²) in [4.78, 5) is 15.1. The molecule has 1 saturated heterocycles. The van der Waals surface area contributed by atoms with E-state index < -0.39 is 10.0 Å². The standard InChI is InChI=1S/C22H25ClN2O5S/c1-29-16-8-9-17(20(13-16)30-2)19-4-3-11-25(19)22(26)14-5-10-18(23)21(12-14)31(27,28)24-15-6-7-15/h5,8-10,12-13,15,19,24H,3-4,6-7,11H2,1-2H3/t19-/m1/s1. The second kappa shape index (κ2) is 8.68. The van der Waals surface area contributed by atoms with Crippen LogP contribution in [0.2, 0.25) is 5.02 Å². The Morgan fingerprint density at radius 1 is 1.10 bits per heavy atom. The van der Waals surface area contributed by atoms with E-state index in [0.29, 0.717) is 23.6 Å². The van der Waals surface area contributed by atoms with Gasteiger partial charge in [0.2, 0.25) is 10.0 Å². The average Bonchev–Trinajstić information content (AvgIpc) is 3.43. The lowest BCUT2D eigenvalue weighted by atomic mass is 10.0. The van der Waals surface area contributed by atoms with Crippen LogP contribution in [-0.4, -0.2) is 46.0 Å². The summed E-state index contributed by atoms with van der Waals surface area (Å²) in [7, 11) is -0.605. The predicted octanol–water partition coefficient (Wildman–Crippen LogP) is 3.78. The molecule has 1 atom stereocenters. The molecule has 4 rings (SSSR count). The van der Waals surface area contributed by atoms with Gasteiger partial charge in [-0.15, -0.1) is 0 Å². The second-order valence-corrected chi connectivity index (χ2v) is 9.89. The van der Waals surface area contributed by atoms with Crippen LogP contribution in [0.25, 0.3) is 0 Å². The highest BCUT2D eigenvalue weighted by atomic mass is 35.5. The van der Waals surface area contributed by atoms with Gasteiger partial charge in [-0.05, 0) is 56.0 Å². The molecule has 1 aliphatic carbocycles. The zero-order valence-corrected chi connectivity index (χ0v) is 19.0. The number of carbonyl (C=O) groups is 1. The van der Waals surface area contributed by atoms with E-state index in [-0.39, 0.29) is 27.9 Å². The normalized spacial score (nSPS) is 18.8. The van der Waals surface area contributed by atoms with Crippen LogP contribution in [0.3, 0.4) is 0 Å². The average molecular weight is 465 g/mol. The number of halogens is 1. The fourth-order valence-electron chi connectivity index (χ4n) is 3.92. The number of likely N-dealkylation sites (tertiary alicyclic amines) is 1. The molecule has 2 aliphatic rings. The van der Waals surface area contributed by atoms with Crippen LogP contribution in [0.5, 0.6) is 11.5 Å². The van der Waals surface area contributed by atoms with Gasteiger partial charge in [0.05, 0.1) is 25.3 Å². The molecule has 1 amide bonds. The minimum Gasteiger partial charge on any atom is -0.497 e. The smallest absolute Gasteiger partial charge is 0.254 e. The van der Waals surface area contributed by atoms with E-state index in [4.69, 9.17) is 21.1 Å². The number of rotatable bonds is 7. The molecule has 2 aromatic carbocycles. The topological polar surface area (TPSA) is 84.9 Å². The first-order valence-electron chi connectivity index (χ1n) is 10.2. The van der Waals surface area contributed by atoms with Crippen LogP contribution in [0, 0.1) is 0 Å².